The second-order valence-corrected chi connectivity index (χ2v) is 5.89. The van der Waals surface area contributed by atoms with E-state index in [4.69, 9.17) is 4.74 Å². The average Bonchev–Trinajstić information content (AvgIpc) is 2.54. The minimum Gasteiger partial charge on any atom is -0.481 e. The molecular formula is C16H16N2O2S. The highest BCUT2D eigenvalue weighted by molar-refractivity contribution is 7.99. The van der Waals surface area contributed by atoms with Crippen molar-refractivity contribution in [3.8, 4) is 5.75 Å². The van der Waals surface area contributed by atoms with Crippen molar-refractivity contribution in [2.24, 2.45) is 0 Å². The van der Waals surface area contributed by atoms with Crippen LogP contribution in [-0.2, 0) is 4.79 Å². The van der Waals surface area contributed by atoms with Crippen molar-refractivity contribution in [1.29, 1.82) is 0 Å². The van der Waals surface area contributed by atoms with Crippen molar-refractivity contribution in [2.75, 3.05) is 17.2 Å². The molecule has 1 aromatic carbocycles. The Kier molecular flexibility index (Phi) is 4.10. The van der Waals surface area contributed by atoms with E-state index in [2.05, 4.69) is 4.98 Å². The number of hydrogen-bond donors (Lipinski definition) is 0. The van der Waals surface area contributed by atoms with E-state index in [0.29, 0.717) is 12.3 Å². The zero-order chi connectivity index (χ0) is 14.7. The van der Waals surface area contributed by atoms with Gasteiger partial charge in [0.25, 0.3) is 5.91 Å². The zero-order valence-electron chi connectivity index (χ0n) is 11.7. The lowest BCUT2D eigenvalue weighted by molar-refractivity contribution is -0.124. The van der Waals surface area contributed by atoms with Gasteiger partial charge in [-0.3, -0.25) is 9.78 Å². The van der Waals surface area contributed by atoms with Gasteiger partial charge in [0.2, 0.25) is 0 Å². The molecule has 1 atom stereocenters. The summed E-state index contributed by atoms with van der Waals surface area (Å²) in [6, 6.07) is 11.4. The molecule has 0 N–H and O–H groups in total. The summed E-state index contributed by atoms with van der Waals surface area (Å²) in [6.45, 7) is 2.47. The number of amides is 1. The number of anilines is 1. The summed E-state index contributed by atoms with van der Waals surface area (Å²) in [5, 5.41) is 0. The van der Waals surface area contributed by atoms with E-state index in [0.717, 1.165) is 16.3 Å². The van der Waals surface area contributed by atoms with Crippen LogP contribution in [0.4, 0.5) is 5.69 Å². The highest BCUT2D eigenvalue weighted by atomic mass is 32.2. The Labute approximate surface area is 128 Å². The fourth-order valence-electron chi connectivity index (χ4n) is 2.27. The largest absolute Gasteiger partial charge is 0.481 e. The maximum absolute atomic E-state index is 12.6. The quantitative estimate of drug-likeness (QED) is 0.874. The molecule has 1 amide bonds. The molecule has 5 heteroatoms. The molecule has 21 heavy (non-hydrogen) atoms. The Balaban J connectivity index is 1.77. The zero-order valence-corrected chi connectivity index (χ0v) is 12.5. The Morgan fingerprint density at radius 1 is 1.33 bits per heavy atom. The number of carbonyl (C=O) groups is 1. The first-order valence-electron chi connectivity index (χ1n) is 6.85. The van der Waals surface area contributed by atoms with Crippen LogP contribution in [0.2, 0.25) is 0 Å². The Morgan fingerprint density at radius 2 is 2.14 bits per heavy atom. The van der Waals surface area contributed by atoms with E-state index in [1.165, 1.54) is 0 Å². The molecule has 0 spiro atoms. The van der Waals surface area contributed by atoms with Crippen LogP contribution in [0.25, 0.3) is 0 Å². The molecule has 0 radical (unpaired) electrons. The van der Waals surface area contributed by atoms with Crippen LogP contribution in [0, 0.1) is 0 Å². The summed E-state index contributed by atoms with van der Waals surface area (Å²) in [5.41, 5.74) is 0.877. The molecule has 4 nitrogen and oxygen atoms in total. The van der Waals surface area contributed by atoms with Gasteiger partial charge in [0.05, 0.1) is 11.9 Å². The highest BCUT2D eigenvalue weighted by Crippen LogP contribution is 2.34. The molecule has 0 saturated carbocycles. The van der Waals surface area contributed by atoms with Crippen LogP contribution in [-0.4, -0.2) is 29.3 Å². The molecule has 0 fully saturated rings. The van der Waals surface area contributed by atoms with Crippen LogP contribution in [0.3, 0.4) is 0 Å². The van der Waals surface area contributed by atoms with Crippen molar-refractivity contribution >= 4 is 23.4 Å². The number of pyridine rings is 1. The number of carbonyl (C=O) groups excluding carboxylic acids is 1. The lowest BCUT2D eigenvalue weighted by Gasteiger charge is -2.30. The lowest BCUT2D eigenvalue weighted by atomic mass is 10.2. The Hall–Kier alpha value is -2.01. The van der Waals surface area contributed by atoms with Crippen LogP contribution < -0.4 is 9.64 Å². The molecule has 0 saturated heterocycles. The van der Waals surface area contributed by atoms with Gasteiger partial charge in [-0.2, -0.15) is 0 Å². The third kappa shape index (κ3) is 3.03. The van der Waals surface area contributed by atoms with Gasteiger partial charge >= 0.3 is 0 Å². The number of rotatable bonds is 3. The van der Waals surface area contributed by atoms with Crippen LogP contribution in [0.1, 0.15) is 6.92 Å². The van der Waals surface area contributed by atoms with Crippen molar-refractivity contribution in [1.82, 2.24) is 4.98 Å². The van der Waals surface area contributed by atoms with Crippen molar-refractivity contribution < 1.29 is 9.53 Å². The Bertz CT molecular complexity index is 633. The first-order valence-corrected chi connectivity index (χ1v) is 7.84. The monoisotopic (exact) mass is 300 g/mol. The Morgan fingerprint density at radius 3 is 2.95 bits per heavy atom. The molecule has 3 rings (SSSR count). The smallest absolute Gasteiger partial charge is 0.267 e. The molecule has 0 bridgehead atoms. The highest BCUT2D eigenvalue weighted by Gasteiger charge is 2.27. The van der Waals surface area contributed by atoms with E-state index in [-0.39, 0.29) is 5.91 Å². The SMILES string of the molecule is C[C@@H](Oc1ccccc1)C(=O)N1CCSc2ccncc21. The number of hydrogen-bond acceptors (Lipinski definition) is 4. The first kappa shape index (κ1) is 13.9. The fourth-order valence-corrected chi connectivity index (χ4v) is 3.23. The number of fused-ring (bicyclic) bond motifs is 1. The molecule has 2 heterocycles. The van der Waals surface area contributed by atoms with E-state index < -0.39 is 6.10 Å². The van der Waals surface area contributed by atoms with Gasteiger partial charge in [-0.05, 0) is 25.1 Å². The number of aromatic nitrogens is 1. The van der Waals surface area contributed by atoms with Crippen molar-refractivity contribution in [3.05, 3.63) is 48.8 Å². The number of ether oxygens (including phenoxy) is 1. The van der Waals surface area contributed by atoms with Gasteiger partial charge in [-0.15, -0.1) is 11.8 Å². The average molecular weight is 300 g/mol. The normalized spacial score (nSPS) is 15.2. The molecule has 1 aliphatic rings. The fraction of sp³-hybridized carbons (Fsp3) is 0.250. The van der Waals surface area contributed by atoms with Gasteiger partial charge < -0.3 is 9.64 Å². The second kappa shape index (κ2) is 6.18. The topological polar surface area (TPSA) is 42.4 Å². The van der Waals surface area contributed by atoms with Gasteiger partial charge in [0.15, 0.2) is 6.10 Å². The molecule has 1 aromatic heterocycles. The summed E-state index contributed by atoms with van der Waals surface area (Å²) in [5.74, 6) is 1.56. The van der Waals surface area contributed by atoms with E-state index >= 15 is 0 Å². The van der Waals surface area contributed by atoms with Gasteiger partial charge in [0, 0.05) is 23.4 Å². The predicted molar refractivity (Wildman–Crippen MR) is 83.8 cm³/mol. The number of para-hydroxylation sites is 1. The first-order chi connectivity index (χ1) is 10.3. The third-order valence-electron chi connectivity index (χ3n) is 3.29. The molecule has 0 unspecified atom stereocenters. The van der Waals surface area contributed by atoms with E-state index in [1.807, 2.05) is 36.4 Å². The second-order valence-electron chi connectivity index (χ2n) is 4.75. The predicted octanol–water partition coefficient (Wildman–Crippen LogP) is 2.99. The lowest BCUT2D eigenvalue weighted by Crippen LogP contribution is -2.43. The summed E-state index contributed by atoms with van der Waals surface area (Å²) >= 11 is 1.75. The number of benzene rings is 1. The molecule has 2 aromatic rings. The summed E-state index contributed by atoms with van der Waals surface area (Å²) in [6.07, 6.45) is 2.97. The standard InChI is InChI=1S/C16H16N2O2S/c1-12(20-13-5-3-2-4-6-13)16(19)18-9-10-21-15-7-8-17-11-14(15)18/h2-8,11-12H,9-10H2,1H3/t12-/m1/s1. The van der Waals surface area contributed by atoms with Crippen LogP contribution >= 0.6 is 11.8 Å². The molecule has 1 aliphatic heterocycles. The summed E-state index contributed by atoms with van der Waals surface area (Å²) in [4.78, 5) is 19.6. The summed E-state index contributed by atoms with van der Waals surface area (Å²) < 4.78 is 5.73. The minimum absolute atomic E-state index is 0.0339. The van der Waals surface area contributed by atoms with E-state index in [1.54, 1.807) is 36.0 Å². The van der Waals surface area contributed by atoms with Gasteiger partial charge in [-0.1, -0.05) is 18.2 Å². The van der Waals surface area contributed by atoms with Crippen LogP contribution in [0.15, 0.2) is 53.7 Å². The third-order valence-corrected chi connectivity index (χ3v) is 4.34. The van der Waals surface area contributed by atoms with Gasteiger partial charge in [-0.25, -0.2) is 0 Å². The molecule has 108 valence electrons. The van der Waals surface area contributed by atoms with E-state index in [9.17, 15) is 4.79 Å². The maximum atomic E-state index is 12.6. The van der Waals surface area contributed by atoms with Gasteiger partial charge in [0.1, 0.15) is 5.75 Å². The number of nitrogens with zero attached hydrogens (tertiary/aromatic N) is 2. The minimum atomic E-state index is -0.524. The van der Waals surface area contributed by atoms with Crippen molar-refractivity contribution in [2.45, 2.75) is 17.9 Å². The number of thioether (sulfide) groups is 1. The molecule has 0 aliphatic carbocycles. The molecular weight excluding hydrogens is 284 g/mol. The maximum Gasteiger partial charge on any atom is 0.267 e. The summed E-state index contributed by atoms with van der Waals surface area (Å²) in [7, 11) is 0. The van der Waals surface area contributed by atoms with Crippen LogP contribution in [0.5, 0.6) is 5.75 Å². The van der Waals surface area contributed by atoms with Crippen molar-refractivity contribution in [3.63, 3.8) is 0 Å².